The number of carboxylic acids is 2. The van der Waals surface area contributed by atoms with E-state index in [0.717, 1.165) is 65.4 Å². The Morgan fingerprint density at radius 3 is 2.55 bits per heavy atom. The topological polar surface area (TPSA) is 220 Å². The summed E-state index contributed by atoms with van der Waals surface area (Å²) in [5, 5.41) is 24.7. The molecule has 69 heavy (non-hydrogen) atoms. The van der Waals surface area contributed by atoms with Crippen molar-refractivity contribution in [1.82, 2.24) is 23.9 Å². The van der Waals surface area contributed by atoms with Gasteiger partial charge in [0.2, 0.25) is 27.7 Å². The summed E-state index contributed by atoms with van der Waals surface area (Å²) in [6.07, 6.45) is 19.0. The van der Waals surface area contributed by atoms with E-state index in [1.54, 1.807) is 33.7 Å². The molecule has 2 aliphatic carbocycles. The summed E-state index contributed by atoms with van der Waals surface area (Å²) >= 11 is 7.43. The Hall–Kier alpha value is -6.28. The number of aliphatic carboxylic acids is 1. The van der Waals surface area contributed by atoms with E-state index in [9.17, 15) is 37.5 Å². The molecule has 4 aromatic rings. The van der Waals surface area contributed by atoms with Gasteiger partial charge in [0.15, 0.2) is 17.2 Å². The number of anilines is 2. The fraction of sp³-hybridized carbons (Fsp3) is 0.388. The maximum absolute atomic E-state index is 14.1. The lowest BCUT2D eigenvalue weighted by Crippen LogP contribution is -2.55. The molecule has 20 heteroatoms. The third kappa shape index (κ3) is 8.74. The van der Waals surface area contributed by atoms with Crippen molar-refractivity contribution < 1.29 is 47.3 Å². The van der Waals surface area contributed by atoms with Crippen molar-refractivity contribution in [2.45, 2.75) is 75.7 Å². The van der Waals surface area contributed by atoms with E-state index in [0.29, 0.717) is 35.4 Å². The number of benzene rings is 1. The number of allylic oxidation sites excluding steroid dienone is 6. The Morgan fingerprint density at radius 1 is 1.01 bits per heavy atom. The zero-order chi connectivity index (χ0) is 48.5. The maximum Gasteiger partial charge on any atom is 0.349 e. The highest BCUT2D eigenvalue weighted by molar-refractivity contribution is 7.88. The minimum absolute atomic E-state index is 0.00969. The molecule has 3 aromatic heterocycles. The van der Waals surface area contributed by atoms with Crippen molar-refractivity contribution >= 4 is 79.5 Å². The van der Waals surface area contributed by atoms with Gasteiger partial charge in [-0.3, -0.25) is 24.7 Å². The van der Waals surface area contributed by atoms with Gasteiger partial charge < -0.3 is 34.5 Å². The lowest BCUT2D eigenvalue weighted by Gasteiger charge is -2.44. The number of carbonyl (C=O) groups excluding carboxylic acids is 3. The molecule has 4 unspecified atom stereocenters. The van der Waals surface area contributed by atoms with Gasteiger partial charge in [0.05, 0.1) is 33.9 Å². The molecule has 7 heterocycles. The number of piperidine rings is 3. The number of ether oxygens (including phenoxy) is 1. The molecule has 0 saturated carbocycles. The molecule has 10 rings (SSSR count). The number of aromatic carboxylic acids is 1. The number of amides is 3. The Labute approximate surface area is 406 Å². The smallest absolute Gasteiger partial charge is 0.349 e. The third-order valence-corrected chi connectivity index (χ3v) is 17.8. The molecule has 4 aliphatic heterocycles. The second kappa shape index (κ2) is 17.9. The number of nitrogens with one attached hydrogen (secondary N) is 2. The lowest BCUT2D eigenvalue weighted by atomic mass is 9.72. The van der Waals surface area contributed by atoms with Crippen LogP contribution in [-0.2, 0) is 35.0 Å². The lowest BCUT2D eigenvalue weighted by molar-refractivity contribution is -0.143. The number of nitrogens with zero attached hydrogens (tertiary/aromatic N) is 5. The van der Waals surface area contributed by atoms with Gasteiger partial charge in [0, 0.05) is 67.3 Å². The maximum atomic E-state index is 14.1. The van der Waals surface area contributed by atoms with E-state index in [1.807, 2.05) is 54.8 Å². The van der Waals surface area contributed by atoms with E-state index >= 15 is 0 Å². The SMILES string of the molecule is CC1(C)CC(Nc2cccc(-c3sc(C(=O)O)c(OCC(=O)O)c3Cl)c2)CCN1S(=O)(=O)Cc1cn2cc(N3CCC(C4=CC=C5C6C4=CC=CC6C(=O)N5C4CCC(=O)NC4=O)CC3)cc2cn1. The minimum atomic E-state index is -3.79. The molecular formula is C49H50ClN7O10S2. The molecule has 17 nitrogen and oxygen atoms in total. The van der Waals surface area contributed by atoms with Gasteiger partial charge in [-0.25, -0.2) is 18.0 Å². The Morgan fingerprint density at radius 2 is 1.81 bits per heavy atom. The highest BCUT2D eigenvalue weighted by Crippen LogP contribution is 2.51. The highest BCUT2D eigenvalue weighted by atomic mass is 35.5. The van der Waals surface area contributed by atoms with Crippen molar-refractivity contribution in [3.05, 3.63) is 112 Å². The largest absolute Gasteiger partial charge is 0.479 e. The second-order valence-electron chi connectivity index (χ2n) is 19.0. The molecule has 4 atom stereocenters. The van der Waals surface area contributed by atoms with E-state index in [1.165, 1.54) is 5.57 Å². The van der Waals surface area contributed by atoms with Gasteiger partial charge in [0.25, 0.3) is 0 Å². The molecule has 0 bridgehead atoms. The van der Waals surface area contributed by atoms with Crippen LogP contribution in [0, 0.1) is 17.8 Å². The Balaban J connectivity index is 0.769. The minimum Gasteiger partial charge on any atom is -0.479 e. The predicted molar refractivity (Wildman–Crippen MR) is 258 cm³/mol. The summed E-state index contributed by atoms with van der Waals surface area (Å²) in [6, 6.07) is 8.53. The average Bonchev–Trinajstić information content (AvgIpc) is 3.97. The Bertz CT molecular complexity index is 3070. The molecule has 6 aliphatic rings. The monoisotopic (exact) mass is 995 g/mol. The summed E-state index contributed by atoms with van der Waals surface area (Å²) < 4.78 is 37.0. The van der Waals surface area contributed by atoms with Crippen LogP contribution in [0.4, 0.5) is 11.4 Å². The van der Waals surface area contributed by atoms with E-state index in [4.69, 9.17) is 21.4 Å². The van der Waals surface area contributed by atoms with Crippen LogP contribution >= 0.6 is 22.9 Å². The molecule has 360 valence electrons. The first kappa shape index (κ1) is 46.4. The molecule has 3 amide bonds. The molecule has 1 aromatic carbocycles. The van der Waals surface area contributed by atoms with Gasteiger partial charge in [-0.1, -0.05) is 48.0 Å². The van der Waals surface area contributed by atoms with E-state index in [2.05, 4.69) is 38.7 Å². The van der Waals surface area contributed by atoms with Crippen LogP contribution in [0.25, 0.3) is 16.0 Å². The first-order valence-corrected chi connectivity index (χ1v) is 25.7. The number of carbonyl (C=O) groups is 5. The standard InChI is InChI=1S/C49H50ClN7O10S2/c1-49(2)21-30(52-29-6-3-5-28(19-29)44-42(50)43(67-25-40(59)60)45(68-44)48(63)64)15-18-56(49)69(65,66)26-31-23-55-24-33(20-32(55)22-51-31)54-16-13-27(14-17-54)34-9-10-37-41-35(34)7-4-8-36(41)47(62)57(37)38-11-12-39(58)53-46(38)61/h3-10,19-20,22-24,27,30,36,38,41,52H,11-18,21,25-26H2,1-2H3,(H,59,60)(H,63,64)(H,53,58,61). The number of hydrogen-bond donors (Lipinski definition) is 4. The van der Waals surface area contributed by atoms with Gasteiger partial charge >= 0.3 is 11.9 Å². The van der Waals surface area contributed by atoms with Crippen LogP contribution in [-0.4, -0.2) is 111 Å². The number of imide groups is 1. The number of thiophene rings is 1. The zero-order valence-corrected chi connectivity index (χ0v) is 40.2. The van der Waals surface area contributed by atoms with E-state index in [-0.39, 0.29) is 70.0 Å². The number of likely N-dealkylation sites (tertiary alicyclic amines) is 1. The van der Waals surface area contributed by atoms with Gasteiger partial charge in [0.1, 0.15) is 16.8 Å². The van der Waals surface area contributed by atoms with Crippen LogP contribution in [0.5, 0.6) is 5.75 Å². The normalized spacial score (nSPS) is 23.9. The Kier molecular flexibility index (Phi) is 12.1. The van der Waals surface area contributed by atoms with Crippen molar-refractivity contribution in [2.75, 3.05) is 36.5 Å². The van der Waals surface area contributed by atoms with Crippen molar-refractivity contribution in [1.29, 1.82) is 0 Å². The fourth-order valence-electron chi connectivity index (χ4n) is 11.1. The van der Waals surface area contributed by atoms with Gasteiger partial charge in [-0.05, 0) is 92.9 Å². The zero-order valence-electron chi connectivity index (χ0n) is 37.8. The number of rotatable bonds is 13. The van der Waals surface area contributed by atoms with Crippen molar-refractivity contribution in [2.24, 2.45) is 17.8 Å². The summed E-state index contributed by atoms with van der Waals surface area (Å²) in [4.78, 5) is 70.3. The van der Waals surface area contributed by atoms with Crippen LogP contribution in [0.2, 0.25) is 5.02 Å². The molecule has 4 N–H and O–H groups in total. The molecule has 4 saturated heterocycles. The number of aromatic nitrogens is 2. The summed E-state index contributed by atoms with van der Waals surface area (Å²) in [5.41, 5.74) is 6.08. The van der Waals surface area contributed by atoms with Crippen LogP contribution in [0.3, 0.4) is 0 Å². The van der Waals surface area contributed by atoms with E-state index < -0.39 is 46.1 Å². The summed E-state index contributed by atoms with van der Waals surface area (Å²) in [7, 11) is -3.79. The number of carboxylic acid groups (broad SMARTS) is 2. The molecular weight excluding hydrogens is 946 g/mol. The molecule has 0 radical (unpaired) electrons. The third-order valence-electron chi connectivity index (χ3n) is 14.1. The predicted octanol–water partition coefficient (Wildman–Crippen LogP) is 6.48. The van der Waals surface area contributed by atoms with Crippen LogP contribution in [0.1, 0.15) is 67.7 Å². The van der Waals surface area contributed by atoms with Crippen LogP contribution in [0.15, 0.2) is 96.1 Å². The number of hydrogen-bond acceptors (Lipinski definition) is 12. The second-order valence-corrected chi connectivity index (χ2v) is 22.3. The average molecular weight is 997 g/mol. The van der Waals surface area contributed by atoms with Gasteiger partial charge in [-0.15, -0.1) is 11.3 Å². The fourth-order valence-corrected chi connectivity index (χ4v) is 14.3. The summed E-state index contributed by atoms with van der Waals surface area (Å²) in [6.45, 7) is 4.97. The molecule has 4 fully saturated rings. The van der Waals surface area contributed by atoms with Crippen LogP contribution < -0.4 is 20.3 Å². The summed E-state index contributed by atoms with van der Waals surface area (Å²) in [5.74, 6) is -4.10. The number of sulfonamides is 1. The number of fused-ring (bicyclic) bond motifs is 1. The van der Waals surface area contributed by atoms with Crippen molar-refractivity contribution in [3.63, 3.8) is 0 Å². The first-order chi connectivity index (χ1) is 33.0. The first-order valence-electron chi connectivity index (χ1n) is 22.9. The molecule has 0 spiro atoms. The highest BCUT2D eigenvalue weighted by Gasteiger charge is 2.52. The quantitative estimate of drug-likeness (QED) is 0.106. The van der Waals surface area contributed by atoms with Crippen molar-refractivity contribution in [3.8, 4) is 16.2 Å². The number of halogens is 1. The van der Waals surface area contributed by atoms with Gasteiger partial charge in [-0.2, -0.15) is 4.31 Å².